The summed E-state index contributed by atoms with van der Waals surface area (Å²) < 4.78 is 0. The second-order valence-corrected chi connectivity index (χ2v) is 4.74. The van der Waals surface area contributed by atoms with Gasteiger partial charge >= 0.3 is 0 Å². The summed E-state index contributed by atoms with van der Waals surface area (Å²) in [6, 6.07) is 0. The van der Waals surface area contributed by atoms with E-state index in [4.69, 9.17) is 0 Å². The Kier molecular flexibility index (Phi) is 3.39. The molecule has 1 aliphatic carbocycles. The van der Waals surface area contributed by atoms with Gasteiger partial charge in [0.15, 0.2) is 5.78 Å². The number of piperidine rings is 1. The van der Waals surface area contributed by atoms with Crippen molar-refractivity contribution in [3.63, 3.8) is 0 Å². The third-order valence-corrected chi connectivity index (χ3v) is 3.52. The molecule has 0 bridgehead atoms. The van der Waals surface area contributed by atoms with Gasteiger partial charge in [0.25, 0.3) is 0 Å². The highest BCUT2D eigenvalue weighted by molar-refractivity contribution is 5.88. The zero-order valence-electron chi connectivity index (χ0n) is 9.21. The number of Topliss-reactive ketones (excluding diaryl/α,β-unsaturated/α-hetero) is 1. The Bertz CT molecular complexity index is 256. The van der Waals surface area contributed by atoms with Gasteiger partial charge in [-0.1, -0.05) is 19.3 Å². The topological polar surface area (TPSA) is 37.4 Å². The maximum atomic E-state index is 12.1. The van der Waals surface area contributed by atoms with Crippen LogP contribution in [0.5, 0.6) is 0 Å². The first kappa shape index (κ1) is 10.7. The number of hydrogen-bond donors (Lipinski definition) is 0. The van der Waals surface area contributed by atoms with Gasteiger partial charge in [0.2, 0.25) is 5.91 Å². The van der Waals surface area contributed by atoms with Crippen molar-refractivity contribution >= 4 is 11.7 Å². The molecule has 15 heavy (non-hydrogen) atoms. The minimum absolute atomic E-state index is 0.213. The van der Waals surface area contributed by atoms with E-state index < -0.39 is 0 Å². The van der Waals surface area contributed by atoms with Gasteiger partial charge in [0.05, 0.1) is 6.54 Å². The molecule has 0 aromatic heterocycles. The molecule has 1 aliphatic heterocycles. The molecule has 84 valence electrons. The van der Waals surface area contributed by atoms with Crippen LogP contribution in [-0.4, -0.2) is 29.7 Å². The van der Waals surface area contributed by atoms with Crippen molar-refractivity contribution in [3.8, 4) is 0 Å². The molecule has 0 atom stereocenters. The third kappa shape index (κ3) is 2.58. The molecular formula is C12H19NO2. The van der Waals surface area contributed by atoms with Crippen LogP contribution in [0.1, 0.15) is 44.9 Å². The van der Waals surface area contributed by atoms with Crippen LogP contribution in [0, 0.1) is 5.92 Å². The van der Waals surface area contributed by atoms with E-state index in [2.05, 4.69) is 0 Å². The summed E-state index contributed by atoms with van der Waals surface area (Å²) in [7, 11) is 0. The molecule has 1 amide bonds. The first-order valence-corrected chi connectivity index (χ1v) is 6.08. The van der Waals surface area contributed by atoms with Gasteiger partial charge in [-0.25, -0.2) is 0 Å². The number of ketones is 1. The summed E-state index contributed by atoms with van der Waals surface area (Å²) in [5, 5.41) is 0. The van der Waals surface area contributed by atoms with Crippen LogP contribution < -0.4 is 0 Å². The van der Waals surface area contributed by atoms with E-state index in [-0.39, 0.29) is 17.6 Å². The molecule has 3 heteroatoms. The minimum Gasteiger partial charge on any atom is -0.335 e. The van der Waals surface area contributed by atoms with Crippen molar-refractivity contribution in [3.05, 3.63) is 0 Å². The second kappa shape index (κ2) is 4.77. The molecule has 0 aromatic rings. The SMILES string of the molecule is O=C1CCCN(C(=O)C2CCCCC2)C1. The Labute approximate surface area is 90.8 Å². The fourth-order valence-electron chi connectivity index (χ4n) is 2.63. The summed E-state index contributed by atoms with van der Waals surface area (Å²) >= 11 is 0. The lowest BCUT2D eigenvalue weighted by Gasteiger charge is -2.31. The molecule has 2 fully saturated rings. The predicted octanol–water partition coefficient (Wildman–Crippen LogP) is 1.76. The molecule has 0 radical (unpaired) electrons. The van der Waals surface area contributed by atoms with Gasteiger partial charge in [-0.15, -0.1) is 0 Å². The molecule has 0 unspecified atom stereocenters. The summed E-state index contributed by atoms with van der Waals surface area (Å²) in [4.78, 5) is 25.1. The van der Waals surface area contributed by atoms with Crippen molar-refractivity contribution in [2.24, 2.45) is 5.92 Å². The predicted molar refractivity (Wildman–Crippen MR) is 57.4 cm³/mol. The molecule has 3 nitrogen and oxygen atoms in total. The second-order valence-electron chi connectivity index (χ2n) is 4.74. The Morgan fingerprint density at radius 2 is 1.87 bits per heavy atom. The van der Waals surface area contributed by atoms with Crippen molar-refractivity contribution in [2.75, 3.05) is 13.1 Å². The summed E-state index contributed by atoms with van der Waals surface area (Å²) in [6.07, 6.45) is 7.21. The highest BCUT2D eigenvalue weighted by Crippen LogP contribution is 2.26. The summed E-state index contributed by atoms with van der Waals surface area (Å²) in [5.74, 6) is 0.679. The van der Waals surface area contributed by atoms with Crippen LogP contribution in [0.3, 0.4) is 0 Å². The van der Waals surface area contributed by atoms with E-state index in [1.165, 1.54) is 19.3 Å². The lowest BCUT2D eigenvalue weighted by atomic mass is 9.88. The fraction of sp³-hybridized carbons (Fsp3) is 0.833. The van der Waals surface area contributed by atoms with Gasteiger partial charge in [0, 0.05) is 18.9 Å². The fourth-order valence-corrected chi connectivity index (χ4v) is 2.63. The van der Waals surface area contributed by atoms with Crippen molar-refractivity contribution in [1.82, 2.24) is 4.90 Å². The average Bonchev–Trinajstić information content (AvgIpc) is 2.29. The first-order valence-electron chi connectivity index (χ1n) is 6.08. The van der Waals surface area contributed by atoms with Gasteiger partial charge in [0.1, 0.15) is 0 Å². The lowest BCUT2D eigenvalue weighted by molar-refractivity contribution is -0.141. The maximum absolute atomic E-state index is 12.1. The molecule has 0 aromatic carbocycles. The molecule has 1 saturated heterocycles. The number of hydrogen-bond acceptors (Lipinski definition) is 2. The standard InChI is InChI=1S/C12H19NO2/c14-11-7-4-8-13(9-11)12(15)10-5-2-1-3-6-10/h10H,1-9H2. The zero-order chi connectivity index (χ0) is 10.7. The van der Waals surface area contributed by atoms with Crippen LogP contribution >= 0.6 is 0 Å². The molecule has 2 aliphatic rings. The van der Waals surface area contributed by atoms with Crippen molar-refractivity contribution in [2.45, 2.75) is 44.9 Å². The molecule has 1 heterocycles. The zero-order valence-corrected chi connectivity index (χ0v) is 9.21. The molecule has 2 rings (SSSR count). The van der Waals surface area contributed by atoms with E-state index in [1.54, 1.807) is 4.90 Å². The summed E-state index contributed by atoms with van der Waals surface area (Å²) in [6.45, 7) is 1.16. The third-order valence-electron chi connectivity index (χ3n) is 3.52. The molecule has 0 N–H and O–H groups in total. The van der Waals surface area contributed by atoms with Gasteiger partial charge in [-0.2, -0.15) is 0 Å². The van der Waals surface area contributed by atoms with Crippen molar-refractivity contribution in [1.29, 1.82) is 0 Å². The number of amides is 1. The van der Waals surface area contributed by atoms with Crippen LogP contribution in [-0.2, 0) is 9.59 Å². The van der Waals surface area contributed by atoms with Gasteiger partial charge in [-0.05, 0) is 19.3 Å². The van der Waals surface area contributed by atoms with E-state index >= 15 is 0 Å². The largest absolute Gasteiger partial charge is 0.335 e. The van der Waals surface area contributed by atoms with Gasteiger partial charge in [-0.3, -0.25) is 9.59 Å². The number of rotatable bonds is 1. The van der Waals surface area contributed by atoms with Crippen LogP contribution in [0.2, 0.25) is 0 Å². The normalized spacial score (nSPS) is 24.3. The number of likely N-dealkylation sites (tertiary alicyclic amines) is 1. The first-order chi connectivity index (χ1) is 7.27. The van der Waals surface area contributed by atoms with Crippen LogP contribution in [0.4, 0.5) is 0 Å². The number of nitrogens with zero attached hydrogens (tertiary/aromatic N) is 1. The van der Waals surface area contributed by atoms with Crippen LogP contribution in [0.15, 0.2) is 0 Å². The highest BCUT2D eigenvalue weighted by Gasteiger charge is 2.28. The van der Waals surface area contributed by atoms with Crippen molar-refractivity contribution < 1.29 is 9.59 Å². The average molecular weight is 209 g/mol. The Hall–Kier alpha value is -0.860. The molecule has 1 saturated carbocycles. The molecular weight excluding hydrogens is 190 g/mol. The number of carbonyl (C=O) groups excluding carboxylic acids is 2. The Morgan fingerprint density at radius 1 is 1.13 bits per heavy atom. The smallest absolute Gasteiger partial charge is 0.226 e. The van der Waals surface area contributed by atoms with E-state index in [0.717, 1.165) is 25.8 Å². The Morgan fingerprint density at radius 3 is 2.53 bits per heavy atom. The monoisotopic (exact) mass is 209 g/mol. The summed E-state index contributed by atoms with van der Waals surface area (Å²) in [5.41, 5.74) is 0. The lowest BCUT2D eigenvalue weighted by Crippen LogP contribution is -2.43. The van der Waals surface area contributed by atoms with E-state index in [9.17, 15) is 9.59 Å². The quantitative estimate of drug-likeness (QED) is 0.660. The number of carbonyl (C=O) groups is 2. The maximum Gasteiger partial charge on any atom is 0.226 e. The van der Waals surface area contributed by atoms with E-state index in [0.29, 0.717) is 13.0 Å². The molecule has 0 spiro atoms. The Balaban J connectivity index is 1.90. The highest BCUT2D eigenvalue weighted by atomic mass is 16.2. The van der Waals surface area contributed by atoms with Gasteiger partial charge < -0.3 is 4.90 Å². The van der Waals surface area contributed by atoms with E-state index in [1.807, 2.05) is 0 Å². The van der Waals surface area contributed by atoms with Crippen LogP contribution in [0.25, 0.3) is 0 Å². The minimum atomic E-state index is 0.213.